The smallest absolute Gasteiger partial charge is 0.412 e. The third-order valence-corrected chi connectivity index (χ3v) is 2.56. The van der Waals surface area contributed by atoms with E-state index < -0.39 is 17.5 Å². The molecule has 1 heterocycles. The van der Waals surface area contributed by atoms with Gasteiger partial charge in [0, 0.05) is 11.8 Å². The number of carbonyl (C=O) groups is 1. The van der Waals surface area contributed by atoms with Crippen molar-refractivity contribution in [2.24, 2.45) is 0 Å². The normalized spacial score (nSPS) is 11.0. The summed E-state index contributed by atoms with van der Waals surface area (Å²) in [6, 6.07) is 6.35. The van der Waals surface area contributed by atoms with Crippen molar-refractivity contribution < 1.29 is 18.7 Å². The number of benzene rings is 1. The van der Waals surface area contributed by atoms with Crippen LogP contribution in [0.4, 0.5) is 14.9 Å². The first-order chi connectivity index (χ1) is 10.7. The predicted octanol–water partition coefficient (Wildman–Crippen LogP) is 4.41. The SMILES string of the molecule is CC(C)(C)OC(=O)Nc1cccc(Oc2nc(Cl)ncc2F)c1. The summed E-state index contributed by atoms with van der Waals surface area (Å²) in [5.41, 5.74) is -0.184. The van der Waals surface area contributed by atoms with Crippen LogP contribution in [0.3, 0.4) is 0 Å². The molecule has 2 aromatic rings. The van der Waals surface area contributed by atoms with Gasteiger partial charge in [0.15, 0.2) is 0 Å². The fraction of sp³-hybridized carbons (Fsp3) is 0.267. The molecule has 1 amide bonds. The highest BCUT2D eigenvalue weighted by Crippen LogP contribution is 2.25. The summed E-state index contributed by atoms with van der Waals surface area (Å²) in [6.07, 6.45) is 0.305. The van der Waals surface area contributed by atoms with Crippen LogP contribution in [0.25, 0.3) is 0 Å². The van der Waals surface area contributed by atoms with E-state index >= 15 is 0 Å². The molecule has 0 spiro atoms. The molecule has 23 heavy (non-hydrogen) atoms. The monoisotopic (exact) mass is 339 g/mol. The van der Waals surface area contributed by atoms with E-state index in [-0.39, 0.29) is 16.9 Å². The van der Waals surface area contributed by atoms with Crippen LogP contribution in [-0.4, -0.2) is 21.7 Å². The quantitative estimate of drug-likeness (QED) is 0.838. The van der Waals surface area contributed by atoms with Gasteiger partial charge in [0.05, 0.1) is 6.20 Å². The van der Waals surface area contributed by atoms with Gasteiger partial charge in [-0.25, -0.2) is 9.78 Å². The fourth-order valence-electron chi connectivity index (χ4n) is 1.57. The first-order valence-electron chi connectivity index (χ1n) is 6.69. The van der Waals surface area contributed by atoms with Gasteiger partial charge in [-0.2, -0.15) is 9.37 Å². The Morgan fingerprint density at radius 3 is 2.78 bits per heavy atom. The van der Waals surface area contributed by atoms with Gasteiger partial charge in [-0.15, -0.1) is 0 Å². The summed E-state index contributed by atoms with van der Waals surface area (Å²) >= 11 is 5.60. The van der Waals surface area contributed by atoms with Crippen molar-refractivity contribution in [1.82, 2.24) is 9.97 Å². The van der Waals surface area contributed by atoms with Crippen LogP contribution in [0.5, 0.6) is 11.6 Å². The van der Waals surface area contributed by atoms with E-state index in [1.165, 1.54) is 6.07 Å². The zero-order chi connectivity index (χ0) is 17.0. The second kappa shape index (κ2) is 6.78. The maximum atomic E-state index is 13.6. The number of amides is 1. The van der Waals surface area contributed by atoms with Gasteiger partial charge in [-0.1, -0.05) is 6.07 Å². The van der Waals surface area contributed by atoms with Crippen molar-refractivity contribution in [3.05, 3.63) is 41.6 Å². The minimum atomic E-state index is -0.750. The topological polar surface area (TPSA) is 73.3 Å². The van der Waals surface area contributed by atoms with E-state index in [0.717, 1.165) is 6.20 Å². The third kappa shape index (κ3) is 5.37. The molecule has 0 unspecified atom stereocenters. The standard InChI is InChI=1S/C15H15ClFN3O3/c1-15(2,3)23-14(21)19-9-5-4-6-10(7-9)22-12-11(17)8-18-13(16)20-12/h4-8H,1-3H3,(H,19,21). The Hall–Kier alpha value is -2.41. The lowest BCUT2D eigenvalue weighted by atomic mass is 10.2. The van der Waals surface area contributed by atoms with E-state index in [0.29, 0.717) is 5.69 Å². The molecule has 6 nitrogen and oxygen atoms in total. The molecule has 0 bridgehead atoms. The van der Waals surface area contributed by atoms with Gasteiger partial charge in [-0.3, -0.25) is 5.32 Å². The Bertz CT molecular complexity index is 719. The number of anilines is 1. The number of halogens is 2. The largest absolute Gasteiger partial charge is 0.444 e. The summed E-state index contributed by atoms with van der Waals surface area (Å²) in [7, 11) is 0. The van der Waals surface area contributed by atoms with E-state index in [1.807, 2.05) is 0 Å². The third-order valence-electron chi connectivity index (χ3n) is 2.38. The zero-order valence-corrected chi connectivity index (χ0v) is 13.5. The summed E-state index contributed by atoms with van der Waals surface area (Å²) in [5.74, 6) is -0.786. The minimum absolute atomic E-state index is 0.135. The Labute approximate surface area is 137 Å². The number of aromatic nitrogens is 2. The maximum Gasteiger partial charge on any atom is 0.412 e. The van der Waals surface area contributed by atoms with E-state index in [2.05, 4.69) is 15.3 Å². The number of rotatable bonds is 3. The lowest BCUT2D eigenvalue weighted by Gasteiger charge is -2.19. The summed E-state index contributed by atoms with van der Waals surface area (Å²) in [5, 5.41) is 2.42. The molecular formula is C15H15ClFN3O3. The van der Waals surface area contributed by atoms with Crippen LogP contribution in [0, 0.1) is 5.82 Å². The highest BCUT2D eigenvalue weighted by Gasteiger charge is 2.16. The molecular weight excluding hydrogens is 325 g/mol. The van der Waals surface area contributed by atoms with Crippen LogP contribution in [0.2, 0.25) is 5.28 Å². The Balaban J connectivity index is 2.11. The van der Waals surface area contributed by atoms with Crippen molar-refractivity contribution in [3.8, 4) is 11.6 Å². The first-order valence-corrected chi connectivity index (χ1v) is 7.07. The van der Waals surface area contributed by atoms with Crippen molar-refractivity contribution >= 4 is 23.4 Å². The summed E-state index contributed by atoms with van der Waals surface area (Å²) in [6.45, 7) is 5.27. The molecule has 1 aromatic carbocycles. The molecule has 8 heteroatoms. The highest BCUT2D eigenvalue weighted by atomic mass is 35.5. The molecule has 0 fully saturated rings. The van der Waals surface area contributed by atoms with Crippen molar-refractivity contribution in [3.63, 3.8) is 0 Å². The van der Waals surface area contributed by atoms with Gasteiger partial charge >= 0.3 is 6.09 Å². The minimum Gasteiger partial charge on any atom is -0.444 e. The maximum absolute atomic E-state index is 13.6. The molecule has 2 rings (SSSR count). The predicted molar refractivity (Wildman–Crippen MR) is 83.4 cm³/mol. The molecule has 0 saturated heterocycles. The molecule has 0 atom stereocenters. The summed E-state index contributed by atoms with van der Waals surface area (Å²) in [4.78, 5) is 18.9. The van der Waals surface area contributed by atoms with Crippen LogP contribution in [0.15, 0.2) is 30.5 Å². The number of nitrogens with zero attached hydrogens (tertiary/aromatic N) is 2. The second-order valence-corrected chi connectivity index (χ2v) is 5.89. The van der Waals surface area contributed by atoms with Gasteiger partial charge in [0.25, 0.3) is 5.88 Å². The Kier molecular flexibility index (Phi) is 5.00. The van der Waals surface area contributed by atoms with E-state index in [4.69, 9.17) is 21.1 Å². The van der Waals surface area contributed by atoms with Crippen molar-refractivity contribution in [2.45, 2.75) is 26.4 Å². The van der Waals surface area contributed by atoms with Gasteiger partial charge < -0.3 is 9.47 Å². The Morgan fingerprint density at radius 2 is 2.09 bits per heavy atom. The molecule has 1 aromatic heterocycles. The van der Waals surface area contributed by atoms with Crippen LogP contribution < -0.4 is 10.1 Å². The molecule has 0 radical (unpaired) electrons. The number of carbonyl (C=O) groups excluding carboxylic acids is 1. The number of hydrogen-bond acceptors (Lipinski definition) is 5. The van der Waals surface area contributed by atoms with Crippen molar-refractivity contribution in [1.29, 1.82) is 0 Å². The summed E-state index contributed by atoms with van der Waals surface area (Å²) < 4.78 is 24.0. The van der Waals surface area contributed by atoms with Crippen molar-refractivity contribution in [2.75, 3.05) is 5.32 Å². The zero-order valence-electron chi connectivity index (χ0n) is 12.8. The van der Waals surface area contributed by atoms with Gasteiger partial charge in [0.1, 0.15) is 11.4 Å². The van der Waals surface area contributed by atoms with E-state index in [1.54, 1.807) is 39.0 Å². The highest BCUT2D eigenvalue weighted by molar-refractivity contribution is 6.28. The fourth-order valence-corrected chi connectivity index (χ4v) is 1.70. The van der Waals surface area contributed by atoms with Gasteiger partial charge in [-0.05, 0) is 44.5 Å². The molecule has 0 aliphatic heterocycles. The lowest BCUT2D eigenvalue weighted by molar-refractivity contribution is 0.0636. The molecule has 0 aliphatic rings. The van der Waals surface area contributed by atoms with Crippen LogP contribution >= 0.6 is 11.6 Å². The van der Waals surface area contributed by atoms with Crippen LogP contribution in [0.1, 0.15) is 20.8 Å². The number of ether oxygens (including phenoxy) is 2. The Morgan fingerprint density at radius 1 is 1.35 bits per heavy atom. The lowest BCUT2D eigenvalue weighted by Crippen LogP contribution is -2.27. The average Bonchev–Trinajstić information content (AvgIpc) is 2.41. The first kappa shape index (κ1) is 17.0. The average molecular weight is 340 g/mol. The van der Waals surface area contributed by atoms with Gasteiger partial charge in [0.2, 0.25) is 11.1 Å². The number of hydrogen-bond donors (Lipinski definition) is 1. The molecule has 0 saturated carbocycles. The van der Waals surface area contributed by atoms with Crippen LogP contribution in [-0.2, 0) is 4.74 Å². The molecule has 1 N–H and O–H groups in total. The molecule has 0 aliphatic carbocycles. The molecule has 122 valence electrons. The van der Waals surface area contributed by atoms with E-state index in [9.17, 15) is 9.18 Å². The second-order valence-electron chi connectivity index (χ2n) is 5.55. The number of nitrogens with one attached hydrogen (secondary N) is 1.